The summed E-state index contributed by atoms with van der Waals surface area (Å²) >= 11 is 0. The highest BCUT2D eigenvalue weighted by molar-refractivity contribution is 5.78. The molecule has 3 nitrogen and oxygen atoms in total. The first-order chi connectivity index (χ1) is 5.79. The normalized spacial score (nSPS) is 10.8. The van der Waals surface area contributed by atoms with E-state index in [1.807, 2.05) is 36.1 Å². The van der Waals surface area contributed by atoms with Gasteiger partial charge in [-0.3, -0.25) is 4.68 Å². The van der Waals surface area contributed by atoms with Crippen molar-refractivity contribution in [2.24, 2.45) is 12.8 Å². The van der Waals surface area contributed by atoms with Crippen LogP contribution in [-0.4, -0.2) is 9.78 Å². The lowest BCUT2D eigenvalue weighted by molar-refractivity contribution is 0.779. The van der Waals surface area contributed by atoms with Gasteiger partial charge in [-0.05, 0) is 11.6 Å². The molecular formula is C9H11N3. The van der Waals surface area contributed by atoms with E-state index in [2.05, 4.69) is 5.10 Å². The minimum Gasteiger partial charge on any atom is -0.326 e. The van der Waals surface area contributed by atoms with Crippen LogP contribution in [0.2, 0.25) is 0 Å². The fourth-order valence-electron chi connectivity index (χ4n) is 1.31. The molecule has 1 aromatic carbocycles. The molecule has 0 fully saturated rings. The molecule has 0 unspecified atom stereocenters. The van der Waals surface area contributed by atoms with Gasteiger partial charge >= 0.3 is 0 Å². The van der Waals surface area contributed by atoms with Crippen LogP contribution in [0.5, 0.6) is 0 Å². The summed E-state index contributed by atoms with van der Waals surface area (Å²) in [6.45, 7) is 0.576. The Kier molecular flexibility index (Phi) is 1.59. The molecule has 0 bridgehead atoms. The number of aromatic nitrogens is 2. The molecule has 0 aliphatic rings. The topological polar surface area (TPSA) is 43.8 Å². The predicted octanol–water partition coefficient (Wildman–Crippen LogP) is 1.03. The Labute approximate surface area is 70.8 Å². The van der Waals surface area contributed by atoms with Crippen molar-refractivity contribution in [2.75, 3.05) is 0 Å². The van der Waals surface area contributed by atoms with Crippen LogP contribution in [0.1, 0.15) is 5.56 Å². The smallest absolute Gasteiger partial charge is 0.0926 e. The number of nitrogens with two attached hydrogens (primary N) is 1. The van der Waals surface area contributed by atoms with Crippen molar-refractivity contribution in [2.45, 2.75) is 6.54 Å². The molecule has 0 atom stereocenters. The van der Waals surface area contributed by atoms with E-state index in [9.17, 15) is 0 Å². The summed E-state index contributed by atoms with van der Waals surface area (Å²) < 4.78 is 1.81. The zero-order valence-corrected chi connectivity index (χ0v) is 6.99. The number of nitrogens with zero attached hydrogens (tertiary/aromatic N) is 2. The third-order valence-electron chi connectivity index (χ3n) is 1.92. The minimum atomic E-state index is 0.576. The Morgan fingerprint density at radius 1 is 1.50 bits per heavy atom. The van der Waals surface area contributed by atoms with E-state index < -0.39 is 0 Å². The van der Waals surface area contributed by atoms with E-state index in [1.54, 1.807) is 0 Å². The van der Waals surface area contributed by atoms with Crippen LogP contribution in [-0.2, 0) is 13.6 Å². The summed E-state index contributed by atoms with van der Waals surface area (Å²) in [7, 11) is 1.92. The van der Waals surface area contributed by atoms with Gasteiger partial charge in [0.2, 0.25) is 0 Å². The van der Waals surface area contributed by atoms with Crippen molar-refractivity contribution >= 4 is 10.9 Å². The first kappa shape index (κ1) is 7.31. The zero-order chi connectivity index (χ0) is 8.55. The van der Waals surface area contributed by atoms with Gasteiger partial charge < -0.3 is 5.73 Å². The quantitative estimate of drug-likeness (QED) is 0.679. The van der Waals surface area contributed by atoms with Crippen LogP contribution in [0.3, 0.4) is 0 Å². The Morgan fingerprint density at radius 2 is 2.33 bits per heavy atom. The predicted molar refractivity (Wildman–Crippen MR) is 48.6 cm³/mol. The molecular weight excluding hydrogens is 150 g/mol. The Bertz CT molecular complexity index is 403. The molecule has 0 saturated carbocycles. The third kappa shape index (κ3) is 1.08. The lowest BCUT2D eigenvalue weighted by Crippen LogP contribution is -1.95. The molecule has 1 heterocycles. The summed E-state index contributed by atoms with van der Waals surface area (Å²) in [5, 5.41) is 5.44. The fraction of sp³-hybridized carbons (Fsp3) is 0.222. The second kappa shape index (κ2) is 2.60. The molecule has 1 aromatic heterocycles. The maximum absolute atomic E-state index is 5.51. The molecule has 2 N–H and O–H groups in total. The maximum Gasteiger partial charge on any atom is 0.0926 e. The van der Waals surface area contributed by atoms with E-state index in [4.69, 9.17) is 5.73 Å². The molecule has 0 aliphatic heterocycles. The SMILES string of the molecule is Cn1cc2ccc(CN)cc2n1. The molecule has 12 heavy (non-hydrogen) atoms. The third-order valence-corrected chi connectivity index (χ3v) is 1.92. The van der Waals surface area contributed by atoms with Crippen molar-refractivity contribution in [3.05, 3.63) is 30.0 Å². The van der Waals surface area contributed by atoms with Gasteiger partial charge in [-0.25, -0.2) is 0 Å². The van der Waals surface area contributed by atoms with Crippen LogP contribution in [0.15, 0.2) is 24.4 Å². The van der Waals surface area contributed by atoms with Gasteiger partial charge in [0.25, 0.3) is 0 Å². The molecule has 0 saturated heterocycles. The van der Waals surface area contributed by atoms with Crippen molar-refractivity contribution in [1.82, 2.24) is 9.78 Å². The lowest BCUT2D eigenvalue weighted by Gasteiger charge is -1.93. The van der Waals surface area contributed by atoms with Gasteiger partial charge in [-0.1, -0.05) is 12.1 Å². The summed E-state index contributed by atoms with van der Waals surface area (Å²) in [5.74, 6) is 0. The molecule has 0 radical (unpaired) electrons. The van der Waals surface area contributed by atoms with Gasteiger partial charge in [0, 0.05) is 25.2 Å². The van der Waals surface area contributed by atoms with Gasteiger partial charge in [-0.15, -0.1) is 0 Å². The number of benzene rings is 1. The van der Waals surface area contributed by atoms with E-state index in [1.165, 1.54) is 0 Å². The van der Waals surface area contributed by atoms with Crippen LogP contribution < -0.4 is 5.73 Å². The van der Waals surface area contributed by atoms with E-state index in [-0.39, 0.29) is 0 Å². The van der Waals surface area contributed by atoms with E-state index >= 15 is 0 Å². The molecule has 3 heteroatoms. The number of hydrogen-bond acceptors (Lipinski definition) is 2. The Hall–Kier alpha value is -1.35. The minimum absolute atomic E-state index is 0.576. The average Bonchev–Trinajstić information content (AvgIpc) is 2.43. The van der Waals surface area contributed by atoms with Crippen LogP contribution in [0.4, 0.5) is 0 Å². The highest BCUT2D eigenvalue weighted by Gasteiger charge is 1.97. The molecule has 2 aromatic rings. The first-order valence-corrected chi connectivity index (χ1v) is 3.92. The molecule has 0 amide bonds. The van der Waals surface area contributed by atoms with Crippen molar-refractivity contribution in [1.29, 1.82) is 0 Å². The van der Waals surface area contributed by atoms with Crippen LogP contribution in [0, 0.1) is 0 Å². The summed E-state index contributed by atoms with van der Waals surface area (Å²) in [4.78, 5) is 0. The van der Waals surface area contributed by atoms with Gasteiger partial charge in [-0.2, -0.15) is 5.10 Å². The lowest BCUT2D eigenvalue weighted by atomic mass is 10.2. The number of hydrogen-bond donors (Lipinski definition) is 1. The Morgan fingerprint density at radius 3 is 3.08 bits per heavy atom. The van der Waals surface area contributed by atoms with Gasteiger partial charge in [0.15, 0.2) is 0 Å². The zero-order valence-electron chi connectivity index (χ0n) is 6.99. The second-order valence-corrected chi connectivity index (χ2v) is 2.90. The maximum atomic E-state index is 5.51. The Balaban J connectivity index is 2.66. The standard InChI is InChI=1S/C9H11N3/c1-12-6-8-3-2-7(5-10)4-9(8)11-12/h2-4,6H,5,10H2,1H3. The first-order valence-electron chi connectivity index (χ1n) is 3.92. The molecule has 0 aliphatic carbocycles. The van der Waals surface area contributed by atoms with Gasteiger partial charge in [0.1, 0.15) is 0 Å². The summed E-state index contributed by atoms with van der Waals surface area (Å²) in [6, 6.07) is 6.10. The average molecular weight is 161 g/mol. The number of fused-ring (bicyclic) bond motifs is 1. The molecule has 62 valence electrons. The highest BCUT2D eigenvalue weighted by Crippen LogP contribution is 2.13. The molecule has 2 rings (SSSR count). The van der Waals surface area contributed by atoms with Crippen molar-refractivity contribution in [3.8, 4) is 0 Å². The summed E-state index contributed by atoms with van der Waals surface area (Å²) in [6.07, 6.45) is 2.00. The largest absolute Gasteiger partial charge is 0.326 e. The van der Waals surface area contributed by atoms with Crippen LogP contribution >= 0.6 is 0 Å². The van der Waals surface area contributed by atoms with Crippen molar-refractivity contribution in [3.63, 3.8) is 0 Å². The summed E-state index contributed by atoms with van der Waals surface area (Å²) in [5.41, 5.74) is 7.65. The van der Waals surface area contributed by atoms with Crippen LogP contribution in [0.25, 0.3) is 10.9 Å². The van der Waals surface area contributed by atoms with E-state index in [0.29, 0.717) is 6.54 Å². The molecule has 0 spiro atoms. The fourth-order valence-corrected chi connectivity index (χ4v) is 1.31. The number of aryl methyl sites for hydroxylation is 1. The van der Waals surface area contributed by atoms with Crippen molar-refractivity contribution < 1.29 is 0 Å². The van der Waals surface area contributed by atoms with E-state index in [0.717, 1.165) is 16.5 Å². The second-order valence-electron chi connectivity index (χ2n) is 2.90. The monoisotopic (exact) mass is 161 g/mol. The highest BCUT2D eigenvalue weighted by atomic mass is 15.2. The van der Waals surface area contributed by atoms with Gasteiger partial charge in [0.05, 0.1) is 5.52 Å². The number of rotatable bonds is 1.